The van der Waals surface area contributed by atoms with Gasteiger partial charge in [0.05, 0.1) is 4.90 Å². The Hall–Kier alpha value is -2.68. The third-order valence-electron chi connectivity index (χ3n) is 3.38. The molecule has 0 aliphatic rings. The van der Waals surface area contributed by atoms with Crippen molar-refractivity contribution in [2.75, 3.05) is 0 Å². The Morgan fingerprint density at radius 3 is 2.32 bits per heavy atom. The van der Waals surface area contributed by atoms with Gasteiger partial charge in [-0.3, -0.25) is 13.9 Å². The Bertz CT molecular complexity index is 1090. The van der Waals surface area contributed by atoms with Crippen LogP contribution in [0.15, 0.2) is 50.0 Å². The van der Waals surface area contributed by atoms with E-state index in [1.807, 2.05) is 0 Å². The largest absolute Gasteiger partial charge is 0.332 e. The molecule has 0 bridgehead atoms. The number of nitrogens with one attached hydrogen (secondary N) is 1. The van der Waals surface area contributed by atoms with Crippen LogP contribution in [-0.4, -0.2) is 27.5 Å². The van der Waals surface area contributed by atoms with Gasteiger partial charge < -0.3 is 4.98 Å². The van der Waals surface area contributed by atoms with Crippen LogP contribution in [0.5, 0.6) is 0 Å². The molecular weight excluding hydrogens is 308 g/mol. The molecule has 2 aromatic heterocycles. The molecule has 3 rings (SSSR count). The van der Waals surface area contributed by atoms with E-state index in [4.69, 9.17) is 0 Å². The number of hydrogen-bond donors (Lipinski definition) is 1. The average molecular weight is 320 g/mol. The van der Waals surface area contributed by atoms with Crippen molar-refractivity contribution in [3.8, 4) is 0 Å². The maximum absolute atomic E-state index is 12.5. The Balaban J connectivity index is 2.36. The summed E-state index contributed by atoms with van der Waals surface area (Å²) >= 11 is 0. The maximum Gasteiger partial charge on any atom is 0.332 e. The number of H-pyrrole nitrogens is 1. The fraction of sp³-hybridized carbons (Fsp3) is 0.154. The van der Waals surface area contributed by atoms with Crippen molar-refractivity contribution in [2.45, 2.75) is 10.1 Å². The second-order valence-corrected chi connectivity index (χ2v) is 6.63. The van der Waals surface area contributed by atoms with Crippen LogP contribution in [0.25, 0.3) is 11.2 Å². The average Bonchev–Trinajstić information content (AvgIpc) is 2.98. The lowest BCUT2D eigenvalue weighted by atomic mass is 10.4. The zero-order valence-electron chi connectivity index (χ0n) is 11.8. The molecule has 1 N–H and O–H groups in total. The lowest BCUT2D eigenvalue weighted by molar-refractivity contribution is 0.589. The van der Waals surface area contributed by atoms with E-state index in [0.717, 1.165) is 9.13 Å². The summed E-state index contributed by atoms with van der Waals surface area (Å²) < 4.78 is 27.0. The van der Waals surface area contributed by atoms with Crippen molar-refractivity contribution in [2.24, 2.45) is 14.1 Å². The number of rotatable bonds is 2. The van der Waals surface area contributed by atoms with Crippen molar-refractivity contribution in [3.63, 3.8) is 0 Å². The van der Waals surface area contributed by atoms with Crippen molar-refractivity contribution >= 4 is 21.0 Å². The number of fused-ring (bicyclic) bond motifs is 1. The number of aromatic nitrogens is 4. The molecule has 22 heavy (non-hydrogen) atoms. The van der Waals surface area contributed by atoms with Crippen molar-refractivity contribution < 1.29 is 8.42 Å². The first-order valence-corrected chi connectivity index (χ1v) is 7.78. The van der Waals surface area contributed by atoms with Gasteiger partial charge in [0.25, 0.3) is 5.56 Å². The molecule has 8 nitrogen and oxygen atoms in total. The minimum atomic E-state index is -3.89. The van der Waals surface area contributed by atoms with Gasteiger partial charge in [-0.25, -0.2) is 13.2 Å². The summed E-state index contributed by atoms with van der Waals surface area (Å²) in [6.45, 7) is 0. The van der Waals surface area contributed by atoms with Crippen LogP contribution < -0.4 is 11.2 Å². The van der Waals surface area contributed by atoms with Gasteiger partial charge >= 0.3 is 5.69 Å². The first-order chi connectivity index (χ1) is 10.3. The topological polar surface area (TPSA) is 107 Å². The first kappa shape index (κ1) is 14.3. The highest BCUT2D eigenvalue weighted by Gasteiger charge is 2.24. The van der Waals surface area contributed by atoms with E-state index in [-0.39, 0.29) is 21.2 Å². The summed E-state index contributed by atoms with van der Waals surface area (Å²) in [5.41, 5.74) is -1.23. The molecule has 2 heterocycles. The fourth-order valence-electron chi connectivity index (χ4n) is 2.14. The SMILES string of the molecule is Cn1c(=O)c2[nH]c(S(=O)(=O)c3ccccc3)nc2n(C)c1=O. The molecule has 1 aromatic carbocycles. The van der Waals surface area contributed by atoms with E-state index < -0.39 is 21.1 Å². The van der Waals surface area contributed by atoms with Crippen LogP contribution in [0.4, 0.5) is 0 Å². The third kappa shape index (κ3) is 1.90. The number of nitrogens with zero attached hydrogens (tertiary/aromatic N) is 3. The number of aromatic amines is 1. The predicted molar refractivity (Wildman–Crippen MR) is 78.5 cm³/mol. The molecule has 0 amide bonds. The zero-order valence-corrected chi connectivity index (χ0v) is 12.6. The molecule has 0 spiro atoms. The number of benzene rings is 1. The highest BCUT2D eigenvalue weighted by molar-refractivity contribution is 7.91. The number of imidazole rings is 1. The van der Waals surface area contributed by atoms with Crippen LogP contribution in [0, 0.1) is 0 Å². The van der Waals surface area contributed by atoms with Crippen LogP contribution in [-0.2, 0) is 23.9 Å². The predicted octanol–water partition coefficient (Wildman–Crippen LogP) is -0.207. The Morgan fingerprint density at radius 1 is 1.05 bits per heavy atom. The second-order valence-electron chi connectivity index (χ2n) is 4.76. The summed E-state index contributed by atoms with van der Waals surface area (Å²) in [6, 6.07) is 7.73. The number of sulfone groups is 1. The zero-order chi connectivity index (χ0) is 16.1. The van der Waals surface area contributed by atoms with Gasteiger partial charge in [-0.15, -0.1) is 0 Å². The molecule has 0 atom stereocenters. The molecule has 0 aliphatic carbocycles. The minimum absolute atomic E-state index is 0.00241. The molecule has 0 radical (unpaired) electrons. The van der Waals surface area contributed by atoms with E-state index in [1.54, 1.807) is 18.2 Å². The number of hydrogen-bond acceptors (Lipinski definition) is 5. The highest BCUT2D eigenvalue weighted by atomic mass is 32.2. The molecule has 0 saturated carbocycles. The Labute approximate surface area is 124 Å². The summed E-state index contributed by atoms with van der Waals surface area (Å²) in [4.78, 5) is 30.4. The quantitative estimate of drug-likeness (QED) is 0.703. The second kappa shape index (κ2) is 4.67. The van der Waals surface area contributed by atoms with Crippen LogP contribution in [0.2, 0.25) is 0 Å². The van der Waals surface area contributed by atoms with Gasteiger partial charge in [0.2, 0.25) is 15.0 Å². The number of aryl methyl sites for hydroxylation is 1. The molecule has 0 unspecified atom stereocenters. The molecule has 0 saturated heterocycles. The van der Waals surface area contributed by atoms with Gasteiger partial charge in [0, 0.05) is 14.1 Å². The van der Waals surface area contributed by atoms with Gasteiger partial charge in [0.1, 0.15) is 0 Å². The van der Waals surface area contributed by atoms with E-state index >= 15 is 0 Å². The lowest BCUT2D eigenvalue weighted by Gasteiger charge is -2.00. The first-order valence-electron chi connectivity index (χ1n) is 6.30. The lowest BCUT2D eigenvalue weighted by Crippen LogP contribution is -2.36. The summed E-state index contributed by atoms with van der Waals surface area (Å²) in [6.07, 6.45) is 0. The Morgan fingerprint density at radius 2 is 1.68 bits per heavy atom. The van der Waals surface area contributed by atoms with Crippen LogP contribution >= 0.6 is 0 Å². The standard InChI is InChI=1S/C13H12N4O4S/c1-16-10-9(11(18)17(2)13(16)19)14-12(15-10)22(20,21)8-6-4-3-5-7-8/h3-7H,1-2H3,(H,14,15). The molecule has 0 fully saturated rings. The summed E-state index contributed by atoms with van der Waals surface area (Å²) in [5, 5.41) is -0.369. The summed E-state index contributed by atoms with van der Waals surface area (Å²) in [7, 11) is -1.15. The van der Waals surface area contributed by atoms with E-state index in [9.17, 15) is 18.0 Å². The van der Waals surface area contributed by atoms with E-state index in [0.29, 0.717) is 0 Å². The van der Waals surface area contributed by atoms with Crippen LogP contribution in [0.3, 0.4) is 0 Å². The van der Waals surface area contributed by atoms with Crippen molar-refractivity contribution in [1.82, 2.24) is 19.1 Å². The fourth-order valence-corrected chi connectivity index (χ4v) is 3.33. The van der Waals surface area contributed by atoms with Gasteiger partial charge in [-0.1, -0.05) is 18.2 Å². The molecule has 9 heteroatoms. The van der Waals surface area contributed by atoms with Crippen molar-refractivity contribution in [3.05, 3.63) is 51.2 Å². The van der Waals surface area contributed by atoms with Crippen molar-refractivity contribution in [1.29, 1.82) is 0 Å². The van der Waals surface area contributed by atoms with Gasteiger partial charge in [-0.05, 0) is 12.1 Å². The molecule has 0 aliphatic heterocycles. The monoisotopic (exact) mass is 320 g/mol. The normalized spacial score (nSPS) is 11.9. The third-order valence-corrected chi connectivity index (χ3v) is 4.98. The minimum Gasteiger partial charge on any atom is -0.323 e. The Kier molecular flexibility index (Phi) is 3.03. The molecular formula is C13H12N4O4S. The van der Waals surface area contributed by atoms with E-state index in [1.165, 1.54) is 26.2 Å². The van der Waals surface area contributed by atoms with Gasteiger partial charge in [0.15, 0.2) is 11.2 Å². The van der Waals surface area contributed by atoms with Crippen LogP contribution in [0.1, 0.15) is 0 Å². The molecule has 3 aromatic rings. The molecule has 114 valence electrons. The summed E-state index contributed by atoms with van der Waals surface area (Å²) in [5.74, 6) is 0. The smallest absolute Gasteiger partial charge is 0.323 e. The highest BCUT2D eigenvalue weighted by Crippen LogP contribution is 2.19. The van der Waals surface area contributed by atoms with Gasteiger partial charge in [-0.2, -0.15) is 4.98 Å². The maximum atomic E-state index is 12.5. The van der Waals surface area contributed by atoms with E-state index in [2.05, 4.69) is 9.97 Å².